The van der Waals surface area contributed by atoms with Gasteiger partial charge in [0.1, 0.15) is 0 Å². The van der Waals surface area contributed by atoms with Crippen LogP contribution in [0.25, 0.3) is 0 Å². The van der Waals surface area contributed by atoms with Gasteiger partial charge in [0.25, 0.3) is 0 Å². The summed E-state index contributed by atoms with van der Waals surface area (Å²) in [5.74, 6) is 1.57. The maximum absolute atomic E-state index is 12.6. The van der Waals surface area contributed by atoms with Gasteiger partial charge in [0.05, 0.1) is 6.54 Å². The third kappa shape index (κ3) is 7.72. The van der Waals surface area contributed by atoms with Crippen LogP contribution in [0.15, 0.2) is 29.3 Å². The molecular weight excluding hydrogens is 489 g/mol. The third-order valence-electron chi connectivity index (χ3n) is 5.96. The number of hydrogen-bond acceptors (Lipinski definition) is 3. The summed E-state index contributed by atoms with van der Waals surface area (Å²) in [6, 6.07) is 8.49. The van der Waals surface area contributed by atoms with E-state index in [0.717, 1.165) is 64.6 Å². The maximum Gasteiger partial charge on any atom is 0.225 e. The molecule has 0 aromatic heterocycles. The predicted octanol–water partition coefficient (Wildman–Crippen LogP) is 3.00. The van der Waals surface area contributed by atoms with Crippen molar-refractivity contribution >= 4 is 35.8 Å². The van der Waals surface area contributed by atoms with Crippen LogP contribution in [0.2, 0.25) is 0 Å². The first-order valence-corrected chi connectivity index (χ1v) is 11.2. The number of benzene rings is 1. The molecule has 2 N–H and O–H groups in total. The Labute approximate surface area is 198 Å². The molecule has 2 fully saturated rings. The maximum atomic E-state index is 12.6. The lowest BCUT2D eigenvalue weighted by Crippen LogP contribution is -2.51. The fraction of sp³-hybridized carbons (Fsp3) is 0.652. The second-order valence-electron chi connectivity index (χ2n) is 8.26. The Morgan fingerprint density at radius 1 is 1.13 bits per heavy atom. The number of carbonyl (C=O) groups excluding carboxylic acids is 1. The summed E-state index contributed by atoms with van der Waals surface area (Å²) >= 11 is 0. The number of piperazine rings is 1. The average molecular weight is 527 g/mol. The van der Waals surface area contributed by atoms with Gasteiger partial charge in [-0.2, -0.15) is 0 Å². The average Bonchev–Trinajstić information content (AvgIpc) is 3.27. The van der Waals surface area contributed by atoms with Gasteiger partial charge in [-0.05, 0) is 32.3 Å². The first kappa shape index (κ1) is 24.9. The summed E-state index contributed by atoms with van der Waals surface area (Å²) < 4.78 is 0. The van der Waals surface area contributed by atoms with E-state index in [-0.39, 0.29) is 24.0 Å². The van der Waals surface area contributed by atoms with Gasteiger partial charge in [-0.25, -0.2) is 4.99 Å². The molecule has 1 aliphatic heterocycles. The van der Waals surface area contributed by atoms with Crippen molar-refractivity contribution in [2.24, 2.45) is 10.9 Å². The van der Waals surface area contributed by atoms with Gasteiger partial charge in [0.2, 0.25) is 5.91 Å². The SMILES string of the molecule is CCNC(=NCc1cccc(C)c1)NCCN1CCN(C(=O)C2CCCC2)CC1.I. The topological polar surface area (TPSA) is 60.0 Å². The molecule has 1 saturated carbocycles. The number of nitrogens with one attached hydrogen (secondary N) is 2. The van der Waals surface area contributed by atoms with Crippen LogP contribution in [-0.2, 0) is 11.3 Å². The standard InChI is InChI=1S/C23H37N5O.HI/c1-3-24-23(26-18-20-8-6-7-19(2)17-20)25-11-12-27-13-15-28(16-14-27)22(29)21-9-4-5-10-21;/h6-8,17,21H,3-5,9-16,18H2,1-2H3,(H2,24,25,26);1H. The zero-order valence-electron chi connectivity index (χ0n) is 18.5. The molecule has 1 aliphatic carbocycles. The number of guanidine groups is 1. The summed E-state index contributed by atoms with van der Waals surface area (Å²) in [5.41, 5.74) is 2.49. The van der Waals surface area contributed by atoms with Crippen molar-refractivity contribution in [2.75, 3.05) is 45.8 Å². The van der Waals surface area contributed by atoms with Crippen LogP contribution < -0.4 is 10.6 Å². The number of aliphatic imine (C=N–C) groups is 1. The summed E-state index contributed by atoms with van der Waals surface area (Å²) in [6.07, 6.45) is 4.64. The van der Waals surface area contributed by atoms with Crippen molar-refractivity contribution < 1.29 is 4.79 Å². The Kier molecular flexibility index (Phi) is 10.9. The highest BCUT2D eigenvalue weighted by Crippen LogP contribution is 2.26. The fourth-order valence-electron chi connectivity index (χ4n) is 4.28. The van der Waals surface area contributed by atoms with E-state index in [1.54, 1.807) is 0 Å². The van der Waals surface area contributed by atoms with Gasteiger partial charge < -0.3 is 15.5 Å². The summed E-state index contributed by atoms with van der Waals surface area (Å²) in [4.78, 5) is 21.8. The van der Waals surface area contributed by atoms with Crippen molar-refractivity contribution in [3.8, 4) is 0 Å². The fourth-order valence-corrected chi connectivity index (χ4v) is 4.28. The molecule has 6 nitrogen and oxygen atoms in total. The normalized spacial score (nSPS) is 18.2. The van der Waals surface area contributed by atoms with Gasteiger partial charge >= 0.3 is 0 Å². The predicted molar refractivity (Wildman–Crippen MR) is 134 cm³/mol. The Morgan fingerprint density at radius 3 is 2.53 bits per heavy atom. The van der Waals surface area contributed by atoms with E-state index in [1.807, 2.05) is 0 Å². The molecule has 0 atom stereocenters. The van der Waals surface area contributed by atoms with Crippen LogP contribution in [-0.4, -0.2) is 67.5 Å². The Balaban J connectivity index is 0.00000320. The van der Waals surface area contributed by atoms with E-state index in [9.17, 15) is 4.79 Å². The Morgan fingerprint density at radius 2 is 1.87 bits per heavy atom. The van der Waals surface area contributed by atoms with Crippen LogP contribution in [0, 0.1) is 12.8 Å². The number of amides is 1. The van der Waals surface area contributed by atoms with Gasteiger partial charge in [-0.1, -0.05) is 42.7 Å². The largest absolute Gasteiger partial charge is 0.357 e. The summed E-state index contributed by atoms with van der Waals surface area (Å²) in [7, 11) is 0. The highest BCUT2D eigenvalue weighted by atomic mass is 127. The number of halogens is 1. The van der Waals surface area contributed by atoms with Gasteiger partial charge in [0, 0.05) is 51.7 Å². The van der Waals surface area contributed by atoms with Crippen LogP contribution in [0.1, 0.15) is 43.7 Å². The number of rotatable bonds is 7. The lowest BCUT2D eigenvalue weighted by molar-refractivity contribution is -0.137. The van der Waals surface area contributed by atoms with E-state index in [1.165, 1.54) is 24.0 Å². The Bertz CT molecular complexity index is 682. The van der Waals surface area contributed by atoms with Gasteiger partial charge in [-0.3, -0.25) is 9.69 Å². The Hall–Kier alpha value is -1.35. The van der Waals surface area contributed by atoms with Crippen LogP contribution in [0.3, 0.4) is 0 Å². The minimum absolute atomic E-state index is 0. The quantitative estimate of drug-likeness (QED) is 0.325. The molecule has 1 amide bonds. The van der Waals surface area contributed by atoms with E-state index in [4.69, 9.17) is 4.99 Å². The molecule has 30 heavy (non-hydrogen) atoms. The number of aryl methyl sites for hydroxylation is 1. The van der Waals surface area contributed by atoms with Crippen molar-refractivity contribution in [3.05, 3.63) is 35.4 Å². The van der Waals surface area contributed by atoms with Crippen molar-refractivity contribution in [3.63, 3.8) is 0 Å². The van der Waals surface area contributed by atoms with Crippen molar-refractivity contribution in [2.45, 2.75) is 46.1 Å². The molecule has 1 saturated heterocycles. The smallest absolute Gasteiger partial charge is 0.225 e. The van der Waals surface area contributed by atoms with Crippen LogP contribution >= 0.6 is 24.0 Å². The van der Waals surface area contributed by atoms with Gasteiger partial charge in [0.15, 0.2) is 5.96 Å². The van der Waals surface area contributed by atoms with E-state index in [2.05, 4.69) is 58.5 Å². The van der Waals surface area contributed by atoms with E-state index >= 15 is 0 Å². The third-order valence-corrected chi connectivity index (χ3v) is 5.96. The monoisotopic (exact) mass is 527 g/mol. The summed E-state index contributed by atoms with van der Waals surface area (Å²) in [5, 5.41) is 6.77. The highest BCUT2D eigenvalue weighted by Gasteiger charge is 2.29. The lowest BCUT2D eigenvalue weighted by atomic mass is 10.1. The molecule has 2 aliphatic rings. The molecule has 1 aromatic carbocycles. The molecule has 0 unspecified atom stereocenters. The van der Waals surface area contributed by atoms with Crippen molar-refractivity contribution in [1.82, 2.24) is 20.4 Å². The van der Waals surface area contributed by atoms with E-state index < -0.39 is 0 Å². The number of nitrogens with zero attached hydrogens (tertiary/aromatic N) is 3. The molecular formula is C23H38IN5O. The lowest BCUT2D eigenvalue weighted by Gasteiger charge is -2.36. The molecule has 1 heterocycles. The first-order chi connectivity index (χ1) is 14.2. The second kappa shape index (κ2) is 13.1. The minimum atomic E-state index is 0. The number of hydrogen-bond donors (Lipinski definition) is 2. The zero-order valence-corrected chi connectivity index (χ0v) is 20.9. The zero-order chi connectivity index (χ0) is 20.5. The molecule has 3 rings (SSSR count). The van der Waals surface area contributed by atoms with Gasteiger partial charge in [-0.15, -0.1) is 24.0 Å². The molecule has 0 bridgehead atoms. The molecule has 168 valence electrons. The van der Waals surface area contributed by atoms with Crippen LogP contribution in [0.4, 0.5) is 0 Å². The molecule has 7 heteroatoms. The minimum Gasteiger partial charge on any atom is -0.357 e. The molecule has 0 radical (unpaired) electrons. The highest BCUT2D eigenvalue weighted by molar-refractivity contribution is 14.0. The summed E-state index contributed by atoms with van der Waals surface area (Å²) in [6.45, 7) is 11.2. The second-order valence-corrected chi connectivity index (χ2v) is 8.26. The number of carbonyl (C=O) groups is 1. The first-order valence-electron chi connectivity index (χ1n) is 11.2. The van der Waals surface area contributed by atoms with E-state index in [0.29, 0.717) is 18.4 Å². The van der Waals surface area contributed by atoms with Crippen molar-refractivity contribution in [1.29, 1.82) is 0 Å². The molecule has 1 aromatic rings. The van der Waals surface area contributed by atoms with Crippen LogP contribution in [0.5, 0.6) is 0 Å². The molecule has 0 spiro atoms.